The Morgan fingerprint density at radius 2 is 1.90 bits per heavy atom. The zero-order chi connectivity index (χ0) is 20.1. The van der Waals surface area contributed by atoms with Crippen LogP contribution in [-0.4, -0.2) is 53.6 Å². The van der Waals surface area contributed by atoms with Crippen LogP contribution in [0.3, 0.4) is 0 Å². The maximum Gasteiger partial charge on any atom is 0.257 e. The maximum absolute atomic E-state index is 13.1. The molecule has 0 radical (unpaired) electrons. The second-order valence-corrected chi connectivity index (χ2v) is 7.45. The number of benzene rings is 1. The van der Waals surface area contributed by atoms with E-state index >= 15 is 0 Å². The fraction of sp³-hybridized carbons (Fsp3) is 0.286. The van der Waals surface area contributed by atoms with Crippen LogP contribution >= 0.6 is 11.3 Å². The lowest BCUT2D eigenvalue weighted by Gasteiger charge is -2.34. The Balaban J connectivity index is 1.44. The molecule has 0 saturated carbocycles. The number of carbonyl (C=O) groups excluding carboxylic acids is 1. The molecule has 0 spiro atoms. The van der Waals surface area contributed by atoms with Gasteiger partial charge in [0, 0.05) is 49.6 Å². The van der Waals surface area contributed by atoms with Crippen LogP contribution in [0.15, 0.2) is 54.2 Å². The van der Waals surface area contributed by atoms with Crippen LogP contribution in [0.1, 0.15) is 17.3 Å². The van der Waals surface area contributed by atoms with Crippen LogP contribution in [0.5, 0.6) is 5.75 Å². The van der Waals surface area contributed by atoms with E-state index in [4.69, 9.17) is 4.74 Å². The molecule has 1 aliphatic rings. The standard InChI is InChI=1S/C21H23N5O2S/c1-2-28-17-7-5-16(6-8-17)24-19-18(4-3-9-22-19)20(27)25-11-13-26(14-12-25)21-23-10-15-29-21/h3-10,15H,2,11-14H2,1H3,(H,22,24). The normalized spacial score (nSPS) is 14.0. The van der Waals surface area contributed by atoms with Crippen LogP contribution < -0.4 is 15.0 Å². The molecule has 0 aliphatic carbocycles. The van der Waals surface area contributed by atoms with Crippen molar-refractivity contribution in [3.63, 3.8) is 0 Å². The summed E-state index contributed by atoms with van der Waals surface area (Å²) in [4.78, 5) is 26.0. The Labute approximate surface area is 174 Å². The zero-order valence-electron chi connectivity index (χ0n) is 16.2. The fourth-order valence-corrected chi connectivity index (χ4v) is 3.96. The molecule has 2 aromatic heterocycles. The number of anilines is 3. The number of pyridine rings is 1. The van der Waals surface area contributed by atoms with Crippen molar-refractivity contribution in [2.75, 3.05) is 43.0 Å². The van der Waals surface area contributed by atoms with Crippen molar-refractivity contribution in [1.29, 1.82) is 0 Å². The summed E-state index contributed by atoms with van der Waals surface area (Å²) in [6, 6.07) is 11.2. The molecule has 29 heavy (non-hydrogen) atoms. The third-order valence-electron chi connectivity index (χ3n) is 4.72. The Morgan fingerprint density at radius 3 is 2.59 bits per heavy atom. The van der Waals surface area contributed by atoms with Gasteiger partial charge in [0.05, 0.1) is 12.2 Å². The number of hydrogen-bond donors (Lipinski definition) is 1. The number of nitrogens with one attached hydrogen (secondary N) is 1. The maximum atomic E-state index is 13.1. The second-order valence-electron chi connectivity index (χ2n) is 6.58. The second kappa shape index (κ2) is 8.91. The third kappa shape index (κ3) is 4.48. The molecule has 3 heterocycles. The number of ether oxygens (including phenoxy) is 1. The summed E-state index contributed by atoms with van der Waals surface area (Å²) in [7, 11) is 0. The summed E-state index contributed by atoms with van der Waals surface area (Å²) in [5.74, 6) is 1.36. The van der Waals surface area contributed by atoms with Gasteiger partial charge in [-0.15, -0.1) is 11.3 Å². The molecule has 150 valence electrons. The molecule has 4 rings (SSSR count). The molecule has 1 N–H and O–H groups in total. The molecule has 1 saturated heterocycles. The van der Waals surface area contributed by atoms with Gasteiger partial charge in [-0.2, -0.15) is 0 Å². The Hall–Kier alpha value is -3.13. The number of piperazine rings is 1. The summed E-state index contributed by atoms with van der Waals surface area (Å²) in [6.07, 6.45) is 3.50. The Bertz CT molecular complexity index is 938. The SMILES string of the molecule is CCOc1ccc(Nc2ncccc2C(=O)N2CCN(c3nccs3)CC2)cc1. The van der Waals surface area contributed by atoms with Gasteiger partial charge >= 0.3 is 0 Å². The first-order valence-electron chi connectivity index (χ1n) is 9.63. The van der Waals surface area contributed by atoms with E-state index in [1.54, 1.807) is 23.6 Å². The lowest BCUT2D eigenvalue weighted by molar-refractivity contribution is 0.0747. The topological polar surface area (TPSA) is 70.6 Å². The smallest absolute Gasteiger partial charge is 0.257 e. The van der Waals surface area contributed by atoms with Crippen molar-refractivity contribution in [2.24, 2.45) is 0 Å². The van der Waals surface area contributed by atoms with Crippen molar-refractivity contribution in [1.82, 2.24) is 14.9 Å². The molecule has 1 fully saturated rings. The van der Waals surface area contributed by atoms with Crippen LogP contribution in [-0.2, 0) is 0 Å². The predicted octanol–water partition coefficient (Wildman–Crippen LogP) is 3.64. The Kier molecular flexibility index (Phi) is 5.90. The van der Waals surface area contributed by atoms with E-state index in [0.717, 1.165) is 29.7 Å². The van der Waals surface area contributed by atoms with E-state index in [2.05, 4.69) is 20.2 Å². The molecule has 8 heteroatoms. The molecule has 1 amide bonds. The van der Waals surface area contributed by atoms with Gasteiger partial charge in [-0.1, -0.05) is 0 Å². The molecule has 1 aromatic carbocycles. The van der Waals surface area contributed by atoms with Gasteiger partial charge in [-0.25, -0.2) is 9.97 Å². The van der Waals surface area contributed by atoms with Crippen LogP contribution in [0.25, 0.3) is 0 Å². The first-order chi connectivity index (χ1) is 14.2. The minimum absolute atomic E-state index is 0.00896. The lowest BCUT2D eigenvalue weighted by atomic mass is 10.2. The molecule has 3 aromatic rings. The summed E-state index contributed by atoms with van der Waals surface area (Å²) >= 11 is 1.63. The van der Waals surface area contributed by atoms with Crippen molar-refractivity contribution in [3.8, 4) is 5.75 Å². The van der Waals surface area contributed by atoms with Crippen LogP contribution in [0.4, 0.5) is 16.6 Å². The highest BCUT2D eigenvalue weighted by Gasteiger charge is 2.25. The largest absolute Gasteiger partial charge is 0.494 e. The summed E-state index contributed by atoms with van der Waals surface area (Å²) < 4.78 is 5.48. The van der Waals surface area contributed by atoms with Gasteiger partial charge in [-0.3, -0.25) is 4.79 Å². The third-order valence-corrected chi connectivity index (χ3v) is 5.56. The number of rotatable bonds is 6. The monoisotopic (exact) mass is 409 g/mol. The van der Waals surface area contributed by atoms with Gasteiger partial charge in [0.1, 0.15) is 11.6 Å². The van der Waals surface area contributed by atoms with Crippen LogP contribution in [0.2, 0.25) is 0 Å². The van der Waals surface area contributed by atoms with Crippen molar-refractivity contribution in [2.45, 2.75) is 6.92 Å². The molecular weight excluding hydrogens is 386 g/mol. The molecule has 0 unspecified atom stereocenters. The molecule has 0 bridgehead atoms. The minimum Gasteiger partial charge on any atom is -0.494 e. The van der Waals surface area contributed by atoms with Gasteiger partial charge in [-0.05, 0) is 43.3 Å². The first-order valence-corrected chi connectivity index (χ1v) is 10.5. The number of nitrogens with zero attached hydrogens (tertiary/aromatic N) is 4. The summed E-state index contributed by atoms with van der Waals surface area (Å²) in [5.41, 5.74) is 1.43. The van der Waals surface area contributed by atoms with E-state index < -0.39 is 0 Å². The highest BCUT2D eigenvalue weighted by Crippen LogP contribution is 2.24. The predicted molar refractivity (Wildman–Crippen MR) is 115 cm³/mol. The zero-order valence-corrected chi connectivity index (χ0v) is 17.1. The van der Waals surface area contributed by atoms with E-state index in [9.17, 15) is 4.79 Å². The number of amides is 1. The highest BCUT2D eigenvalue weighted by atomic mass is 32.1. The van der Waals surface area contributed by atoms with Gasteiger partial charge in [0.25, 0.3) is 5.91 Å². The number of hydrogen-bond acceptors (Lipinski definition) is 7. The van der Waals surface area contributed by atoms with Crippen molar-refractivity contribution in [3.05, 3.63) is 59.7 Å². The van der Waals surface area contributed by atoms with Gasteiger partial charge in [0.15, 0.2) is 5.13 Å². The Morgan fingerprint density at radius 1 is 1.10 bits per heavy atom. The average molecular weight is 410 g/mol. The first kappa shape index (κ1) is 19.2. The van der Waals surface area contributed by atoms with Crippen molar-refractivity contribution >= 4 is 33.9 Å². The highest BCUT2D eigenvalue weighted by molar-refractivity contribution is 7.13. The van der Waals surface area contributed by atoms with E-state index in [1.807, 2.05) is 53.7 Å². The average Bonchev–Trinajstić information content (AvgIpc) is 3.30. The summed E-state index contributed by atoms with van der Waals surface area (Å²) in [6.45, 7) is 5.46. The van der Waals surface area contributed by atoms with Gasteiger partial charge in [0.2, 0.25) is 0 Å². The number of thiazole rings is 1. The lowest BCUT2D eigenvalue weighted by Crippen LogP contribution is -2.48. The summed E-state index contributed by atoms with van der Waals surface area (Å²) in [5, 5.41) is 6.24. The van der Waals surface area contributed by atoms with Crippen LogP contribution in [0, 0.1) is 0 Å². The van der Waals surface area contributed by atoms with E-state index in [-0.39, 0.29) is 5.91 Å². The minimum atomic E-state index is -0.00896. The molecule has 0 atom stereocenters. The van der Waals surface area contributed by atoms with Crippen molar-refractivity contribution < 1.29 is 9.53 Å². The van der Waals surface area contributed by atoms with E-state index in [1.165, 1.54) is 0 Å². The van der Waals surface area contributed by atoms with E-state index in [0.29, 0.717) is 31.1 Å². The van der Waals surface area contributed by atoms with Gasteiger partial charge < -0.3 is 19.9 Å². The fourth-order valence-electron chi connectivity index (χ4n) is 3.26. The molecular formula is C21H23N5O2S. The number of aromatic nitrogens is 2. The molecule has 7 nitrogen and oxygen atoms in total. The molecule has 1 aliphatic heterocycles. The quantitative estimate of drug-likeness (QED) is 0.670. The number of carbonyl (C=O) groups is 1.